The molecular weight excluding hydrogens is 428 g/mol. The molecule has 34 heavy (non-hydrogen) atoms. The molecule has 2 fully saturated rings. The SMILES string of the molecule is CCCc1cc(=O)oc2c(C)c(O)c(CN(CCCOC)C[C@@H]3CCCN4CCCC[C@H]34)cc12. The molecule has 6 heteroatoms. The summed E-state index contributed by atoms with van der Waals surface area (Å²) in [4.78, 5) is 17.4. The van der Waals surface area contributed by atoms with Crippen molar-refractivity contribution in [2.75, 3.05) is 39.9 Å². The Balaban J connectivity index is 1.62. The van der Waals surface area contributed by atoms with Gasteiger partial charge in [0, 0.05) is 62.0 Å². The number of aryl methyl sites for hydroxylation is 2. The summed E-state index contributed by atoms with van der Waals surface area (Å²) in [7, 11) is 1.76. The van der Waals surface area contributed by atoms with Crippen molar-refractivity contribution in [2.24, 2.45) is 5.92 Å². The Morgan fingerprint density at radius 1 is 1.18 bits per heavy atom. The lowest BCUT2D eigenvalue weighted by Gasteiger charge is -2.45. The molecule has 2 aromatic rings. The van der Waals surface area contributed by atoms with E-state index in [4.69, 9.17) is 9.15 Å². The number of piperidine rings is 2. The molecule has 1 N–H and O–H groups in total. The third kappa shape index (κ3) is 5.67. The molecule has 0 amide bonds. The summed E-state index contributed by atoms with van der Waals surface area (Å²) in [5, 5.41) is 12.1. The number of phenols is 1. The number of rotatable bonds is 10. The highest BCUT2D eigenvalue weighted by Gasteiger charge is 2.34. The van der Waals surface area contributed by atoms with Crippen LogP contribution < -0.4 is 5.63 Å². The normalized spacial score (nSPS) is 21.3. The molecule has 3 heterocycles. The second-order valence-electron chi connectivity index (χ2n) is 10.3. The van der Waals surface area contributed by atoms with Crippen LogP contribution >= 0.6 is 0 Å². The van der Waals surface area contributed by atoms with Crippen LogP contribution in [0.3, 0.4) is 0 Å². The van der Waals surface area contributed by atoms with Gasteiger partial charge in [-0.2, -0.15) is 0 Å². The van der Waals surface area contributed by atoms with Gasteiger partial charge in [-0.05, 0) is 76.1 Å². The number of hydrogen-bond acceptors (Lipinski definition) is 6. The van der Waals surface area contributed by atoms with E-state index in [2.05, 4.69) is 22.8 Å². The van der Waals surface area contributed by atoms with Crippen LogP contribution in [0.1, 0.15) is 68.6 Å². The molecule has 2 saturated heterocycles. The summed E-state index contributed by atoms with van der Waals surface area (Å²) >= 11 is 0. The largest absolute Gasteiger partial charge is 0.507 e. The zero-order valence-corrected chi connectivity index (χ0v) is 21.3. The highest BCUT2D eigenvalue weighted by atomic mass is 16.5. The number of nitrogens with zero attached hydrogens (tertiary/aromatic N) is 2. The van der Waals surface area contributed by atoms with Crippen LogP contribution in [0.2, 0.25) is 0 Å². The average Bonchev–Trinajstić information content (AvgIpc) is 2.83. The number of ether oxygens (including phenoxy) is 1. The summed E-state index contributed by atoms with van der Waals surface area (Å²) in [6, 6.07) is 4.37. The van der Waals surface area contributed by atoms with E-state index in [0.29, 0.717) is 29.7 Å². The van der Waals surface area contributed by atoms with Gasteiger partial charge in [0.1, 0.15) is 11.3 Å². The monoisotopic (exact) mass is 470 g/mol. The molecule has 1 aromatic heterocycles. The van der Waals surface area contributed by atoms with E-state index in [1.165, 1.54) is 45.2 Å². The fraction of sp³-hybridized carbons (Fsp3) is 0.679. The van der Waals surface area contributed by atoms with Crippen LogP contribution in [0.5, 0.6) is 5.75 Å². The van der Waals surface area contributed by atoms with E-state index in [9.17, 15) is 9.90 Å². The summed E-state index contributed by atoms with van der Waals surface area (Å²) in [5.74, 6) is 0.929. The van der Waals surface area contributed by atoms with E-state index in [-0.39, 0.29) is 11.4 Å². The third-order valence-electron chi connectivity index (χ3n) is 7.86. The topological polar surface area (TPSA) is 66.1 Å². The molecule has 1 aromatic carbocycles. The standard InChI is InChI=1S/C28H42N2O4/c1-4-9-21-17-26(31)34-28-20(2)27(32)23(16-24(21)28)19-29(12-8-15-33-3)18-22-10-7-14-30-13-6-5-11-25(22)30/h16-17,22,25,32H,4-15,18-19H2,1-3H3/t22-,25+/m0/s1. The summed E-state index contributed by atoms with van der Waals surface area (Å²) in [6.45, 7) is 9.90. The van der Waals surface area contributed by atoms with Crippen LogP contribution in [-0.4, -0.2) is 60.8 Å². The van der Waals surface area contributed by atoms with Crippen molar-refractivity contribution in [2.45, 2.75) is 77.8 Å². The van der Waals surface area contributed by atoms with Gasteiger partial charge in [0.15, 0.2) is 0 Å². The molecular formula is C28H42N2O4. The molecule has 0 saturated carbocycles. The maximum Gasteiger partial charge on any atom is 0.336 e. The first-order valence-electron chi connectivity index (χ1n) is 13.2. The number of fused-ring (bicyclic) bond motifs is 2. The molecule has 6 nitrogen and oxygen atoms in total. The highest BCUT2D eigenvalue weighted by molar-refractivity contribution is 5.86. The first kappa shape index (κ1) is 25.2. The smallest absolute Gasteiger partial charge is 0.336 e. The number of methoxy groups -OCH3 is 1. The summed E-state index contributed by atoms with van der Waals surface area (Å²) < 4.78 is 10.9. The van der Waals surface area contributed by atoms with Gasteiger partial charge in [-0.25, -0.2) is 4.79 Å². The number of aromatic hydroxyl groups is 1. The minimum absolute atomic E-state index is 0.254. The second kappa shape index (κ2) is 11.7. The predicted molar refractivity (Wildman–Crippen MR) is 137 cm³/mol. The fourth-order valence-electron chi connectivity index (χ4n) is 6.21. The van der Waals surface area contributed by atoms with Crippen molar-refractivity contribution in [1.29, 1.82) is 0 Å². The Hall–Kier alpha value is -1.89. The molecule has 4 rings (SSSR count). The lowest BCUT2D eigenvalue weighted by atomic mass is 9.83. The minimum Gasteiger partial charge on any atom is -0.507 e. The van der Waals surface area contributed by atoms with Crippen LogP contribution in [0, 0.1) is 12.8 Å². The van der Waals surface area contributed by atoms with E-state index in [1.54, 1.807) is 13.2 Å². The van der Waals surface area contributed by atoms with E-state index < -0.39 is 0 Å². The number of hydrogen-bond donors (Lipinski definition) is 1. The van der Waals surface area contributed by atoms with Crippen molar-refractivity contribution in [1.82, 2.24) is 9.80 Å². The van der Waals surface area contributed by atoms with Crippen LogP contribution in [0.25, 0.3) is 11.0 Å². The molecule has 0 aliphatic carbocycles. The van der Waals surface area contributed by atoms with Gasteiger partial charge in [-0.1, -0.05) is 19.8 Å². The maximum absolute atomic E-state index is 12.1. The Bertz CT molecular complexity index is 1020. The molecule has 0 bridgehead atoms. The third-order valence-corrected chi connectivity index (χ3v) is 7.86. The molecule has 0 unspecified atom stereocenters. The second-order valence-corrected chi connectivity index (χ2v) is 10.3. The lowest BCUT2D eigenvalue weighted by molar-refractivity contribution is 0.0372. The van der Waals surface area contributed by atoms with E-state index in [0.717, 1.165) is 55.5 Å². The van der Waals surface area contributed by atoms with Gasteiger partial charge in [0.05, 0.1) is 0 Å². The molecule has 0 spiro atoms. The predicted octanol–water partition coefficient (Wildman–Crippen LogP) is 4.86. The van der Waals surface area contributed by atoms with Crippen molar-refractivity contribution in [3.8, 4) is 5.75 Å². The van der Waals surface area contributed by atoms with Crippen molar-refractivity contribution in [3.63, 3.8) is 0 Å². The Morgan fingerprint density at radius 2 is 2.00 bits per heavy atom. The Labute approximate surface area is 203 Å². The lowest BCUT2D eigenvalue weighted by Crippen LogP contribution is -2.51. The van der Waals surface area contributed by atoms with E-state index >= 15 is 0 Å². The Morgan fingerprint density at radius 3 is 2.79 bits per heavy atom. The van der Waals surface area contributed by atoms with Gasteiger partial charge in [-0.3, -0.25) is 4.90 Å². The van der Waals surface area contributed by atoms with E-state index in [1.807, 2.05) is 6.92 Å². The first-order chi connectivity index (χ1) is 16.5. The van der Waals surface area contributed by atoms with Gasteiger partial charge < -0.3 is 19.2 Å². The van der Waals surface area contributed by atoms with Crippen molar-refractivity contribution >= 4 is 11.0 Å². The first-order valence-corrected chi connectivity index (χ1v) is 13.2. The van der Waals surface area contributed by atoms with Crippen LogP contribution in [0.4, 0.5) is 0 Å². The molecule has 2 aliphatic heterocycles. The fourth-order valence-corrected chi connectivity index (χ4v) is 6.21. The van der Waals surface area contributed by atoms with Crippen LogP contribution in [0.15, 0.2) is 21.3 Å². The molecule has 0 radical (unpaired) electrons. The summed E-state index contributed by atoms with van der Waals surface area (Å²) in [5.41, 5.74) is 2.77. The minimum atomic E-state index is -0.346. The molecule has 2 atom stereocenters. The van der Waals surface area contributed by atoms with Gasteiger partial charge in [0.2, 0.25) is 0 Å². The number of benzene rings is 1. The van der Waals surface area contributed by atoms with Crippen LogP contribution in [-0.2, 0) is 17.7 Å². The molecule has 188 valence electrons. The van der Waals surface area contributed by atoms with Gasteiger partial charge in [-0.15, -0.1) is 0 Å². The van der Waals surface area contributed by atoms with Gasteiger partial charge >= 0.3 is 5.63 Å². The maximum atomic E-state index is 12.1. The Kier molecular flexibility index (Phi) is 8.67. The molecule has 2 aliphatic rings. The quantitative estimate of drug-likeness (QED) is 0.395. The van der Waals surface area contributed by atoms with Gasteiger partial charge in [0.25, 0.3) is 0 Å². The highest BCUT2D eigenvalue weighted by Crippen LogP contribution is 2.35. The zero-order chi connectivity index (χ0) is 24.1. The van der Waals surface area contributed by atoms with Crippen molar-refractivity contribution < 1.29 is 14.3 Å². The zero-order valence-electron chi connectivity index (χ0n) is 21.3. The number of phenolic OH excluding ortho intramolecular Hbond substituents is 1. The summed E-state index contributed by atoms with van der Waals surface area (Å²) in [6.07, 6.45) is 9.32. The van der Waals surface area contributed by atoms with Crippen molar-refractivity contribution in [3.05, 3.63) is 39.2 Å². The average molecular weight is 471 g/mol.